The van der Waals surface area contributed by atoms with Crippen LogP contribution < -0.4 is 5.32 Å². The predicted molar refractivity (Wildman–Crippen MR) is 134 cm³/mol. The van der Waals surface area contributed by atoms with E-state index in [0.717, 1.165) is 0 Å². The van der Waals surface area contributed by atoms with E-state index in [-0.39, 0.29) is 30.5 Å². The van der Waals surface area contributed by atoms with E-state index in [1.807, 2.05) is 6.07 Å². The average Bonchev–Trinajstić information content (AvgIpc) is 3.57. The number of H-pyrrole nitrogens is 1. The minimum atomic E-state index is -1.53. The Labute approximate surface area is 209 Å². The smallest absolute Gasteiger partial charge is 0.260 e. The molecule has 10 nitrogen and oxygen atoms in total. The molecule has 0 saturated carbocycles. The van der Waals surface area contributed by atoms with Crippen LogP contribution in [0, 0.1) is 0 Å². The Balaban J connectivity index is 1.31. The third-order valence-electron chi connectivity index (χ3n) is 5.94. The van der Waals surface area contributed by atoms with E-state index >= 15 is 0 Å². The second kappa shape index (κ2) is 9.72. The van der Waals surface area contributed by atoms with Gasteiger partial charge in [-0.15, -0.1) is 11.3 Å². The number of benzene rings is 1. The maximum Gasteiger partial charge on any atom is 0.260 e. The molecule has 182 valence electrons. The number of carbonyl (C=O) groups is 3. The second-order valence-corrected chi connectivity index (χ2v) is 9.06. The summed E-state index contributed by atoms with van der Waals surface area (Å²) in [6, 6.07) is 10.4. The van der Waals surface area contributed by atoms with Gasteiger partial charge in [-0.25, -0.2) is 4.98 Å². The molecule has 1 unspecified atom stereocenters. The number of fused-ring (bicyclic) bond motifs is 1. The molecule has 4 aromatic rings. The van der Waals surface area contributed by atoms with Crippen LogP contribution in [0.15, 0.2) is 72.6 Å². The van der Waals surface area contributed by atoms with E-state index in [1.54, 1.807) is 46.8 Å². The summed E-state index contributed by atoms with van der Waals surface area (Å²) in [4.78, 5) is 53.0. The molecule has 1 saturated heterocycles. The number of nitrogens with one attached hydrogen (secondary N) is 2. The van der Waals surface area contributed by atoms with Crippen molar-refractivity contribution in [1.29, 1.82) is 0 Å². The van der Waals surface area contributed by atoms with Crippen molar-refractivity contribution >= 4 is 45.2 Å². The summed E-state index contributed by atoms with van der Waals surface area (Å²) >= 11 is 1.29. The number of aromatic amines is 1. The molecule has 1 fully saturated rings. The number of piperazine rings is 1. The standard InChI is InChI=1S/C25H22N6O4S/c1-15-14-30(23(34)16-5-3-2-4-6-16)10-11-31(15)24(35)21(32)18-13-28-19-17(7-8-26-20(18)19)22(33)29-25-27-9-12-36-25/h2-9,12-13,21,28,32H,1,10-11,14H2,(H,27,29,33). The van der Waals surface area contributed by atoms with Gasteiger partial charge < -0.3 is 19.9 Å². The summed E-state index contributed by atoms with van der Waals surface area (Å²) in [5, 5.41) is 15.9. The zero-order chi connectivity index (χ0) is 25.2. The quantitative estimate of drug-likeness (QED) is 0.385. The number of hydrogen-bond acceptors (Lipinski definition) is 7. The first-order valence-corrected chi connectivity index (χ1v) is 12.0. The van der Waals surface area contributed by atoms with Gasteiger partial charge in [-0.1, -0.05) is 24.8 Å². The third kappa shape index (κ3) is 4.37. The lowest BCUT2D eigenvalue weighted by molar-refractivity contribution is -0.139. The van der Waals surface area contributed by atoms with Crippen LogP contribution in [0.1, 0.15) is 32.4 Å². The zero-order valence-electron chi connectivity index (χ0n) is 19.0. The molecule has 1 atom stereocenters. The Kier molecular flexibility index (Phi) is 6.32. The van der Waals surface area contributed by atoms with Gasteiger partial charge in [0.2, 0.25) is 0 Å². The number of anilines is 1. The van der Waals surface area contributed by atoms with Gasteiger partial charge in [0.15, 0.2) is 11.2 Å². The summed E-state index contributed by atoms with van der Waals surface area (Å²) in [5.74, 6) is -1.11. The highest BCUT2D eigenvalue weighted by Crippen LogP contribution is 2.28. The second-order valence-electron chi connectivity index (χ2n) is 8.17. The Hall–Kier alpha value is -4.35. The Morgan fingerprint density at radius 2 is 1.92 bits per heavy atom. The molecule has 5 rings (SSSR count). The van der Waals surface area contributed by atoms with Crippen LogP contribution in [0.25, 0.3) is 11.0 Å². The van der Waals surface area contributed by atoms with Gasteiger partial charge >= 0.3 is 0 Å². The highest BCUT2D eigenvalue weighted by molar-refractivity contribution is 7.13. The van der Waals surface area contributed by atoms with Crippen LogP contribution in [0.5, 0.6) is 0 Å². The number of aromatic nitrogens is 3. The van der Waals surface area contributed by atoms with E-state index < -0.39 is 12.0 Å². The van der Waals surface area contributed by atoms with Gasteiger partial charge in [0.05, 0.1) is 23.1 Å². The molecule has 1 aromatic carbocycles. The lowest BCUT2D eigenvalue weighted by Gasteiger charge is -2.37. The molecule has 0 spiro atoms. The van der Waals surface area contributed by atoms with Crippen molar-refractivity contribution in [3.05, 3.63) is 89.3 Å². The molecule has 0 radical (unpaired) electrons. The van der Waals surface area contributed by atoms with Crippen molar-refractivity contribution in [1.82, 2.24) is 24.8 Å². The highest BCUT2D eigenvalue weighted by atomic mass is 32.1. The number of aliphatic hydroxyl groups excluding tert-OH is 1. The first-order chi connectivity index (χ1) is 17.4. The first-order valence-electron chi connectivity index (χ1n) is 11.1. The third-order valence-corrected chi connectivity index (χ3v) is 6.63. The number of rotatable bonds is 5. The van der Waals surface area contributed by atoms with Gasteiger partial charge in [0.25, 0.3) is 17.7 Å². The van der Waals surface area contributed by atoms with Crippen LogP contribution in [-0.4, -0.2) is 67.2 Å². The summed E-state index contributed by atoms with van der Waals surface area (Å²) in [5.41, 5.74) is 2.22. The van der Waals surface area contributed by atoms with E-state index in [0.29, 0.717) is 39.5 Å². The van der Waals surface area contributed by atoms with Crippen molar-refractivity contribution in [2.45, 2.75) is 6.10 Å². The monoisotopic (exact) mass is 502 g/mol. The van der Waals surface area contributed by atoms with Crippen molar-refractivity contribution in [2.24, 2.45) is 0 Å². The number of hydrogen-bond donors (Lipinski definition) is 3. The molecule has 0 bridgehead atoms. The molecular weight excluding hydrogens is 480 g/mol. The molecule has 1 aliphatic rings. The largest absolute Gasteiger partial charge is 0.378 e. The molecular formula is C25H22N6O4S. The summed E-state index contributed by atoms with van der Waals surface area (Å²) in [7, 11) is 0. The van der Waals surface area contributed by atoms with Gasteiger partial charge in [0, 0.05) is 53.9 Å². The fraction of sp³-hybridized carbons (Fsp3) is 0.160. The fourth-order valence-corrected chi connectivity index (χ4v) is 4.66. The van der Waals surface area contributed by atoms with Crippen LogP contribution in [-0.2, 0) is 4.79 Å². The lowest BCUT2D eigenvalue weighted by Crippen LogP contribution is -2.50. The summed E-state index contributed by atoms with van der Waals surface area (Å²) < 4.78 is 0. The number of pyridine rings is 1. The Morgan fingerprint density at radius 3 is 2.64 bits per heavy atom. The average molecular weight is 503 g/mol. The molecule has 11 heteroatoms. The Morgan fingerprint density at radius 1 is 1.11 bits per heavy atom. The van der Waals surface area contributed by atoms with Crippen molar-refractivity contribution in [3.8, 4) is 0 Å². The fourth-order valence-electron chi connectivity index (χ4n) is 4.14. The Bertz CT molecular complexity index is 1450. The summed E-state index contributed by atoms with van der Waals surface area (Å²) in [6.45, 7) is 4.63. The number of carbonyl (C=O) groups excluding carboxylic acids is 3. The summed E-state index contributed by atoms with van der Waals surface area (Å²) in [6.07, 6.45) is 2.97. The van der Waals surface area contributed by atoms with Crippen molar-refractivity contribution in [2.75, 3.05) is 25.0 Å². The van der Waals surface area contributed by atoms with Crippen LogP contribution in [0.3, 0.4) is 0 Å². The van der Waals surface area contributed by atoms with Gasteiger partial charge in [0.1, 0.15) is 0 Å². The topological polar surface area (TPSA) is 132 Å². The number of amides is 3. The van der Waals surface area contributed by atoms with E-state index in [1.165, 1.54) is 28.6 Å². The van der Waals surface area contributed by atoms with E-state index in [2.05, 4.69) is 26.8 Å². The minimum Gasteiger partial charge on any atom is -0.378 e. The molecule has 3 aromatic heterocycles. The van der Waals surface area contributed by atoms with Crippen LogP contribution in [0.2, 0.25) is 0 Å². The molecule has 0 aliphatic carbocycles. The first kappa shape index (κ1) is 23.4. The van der Waals surface area contributed by atoms with Gasteiger partial charge in [-0.2, -0.15) is 0 Å². The maximum absolute atomic E-state index is 13.2. The highest BCUT2D eigenvalue weighted by Gasteiger charge is 2.33. The SMILES string of the molecule is C=C1CN(C(=O)c2ccccc2)CCN1C(=O)C(O)c1c[nH]c2c(C(=O)Nc3nccs3)ccnc12. The number of aliphatic hydroxyl groups is 1. The molecule has 4 heterocycles. The van der Waals surface area contributed by atoms with Crippen LogP contribution >= 0.6 is 11.3 Å². The zero-order valence-corrected chi connectivity index (χ0v) is 19.9. The van der Waals surface area contributed by atoms with Gasteiger partial charge in [-0.05, 0) is 18.2 Å². The van der Waals surface area contributed by atoms with Crippen molar-refractivity contribution in [3.63, 3.8) is 0 Å². The van der Waals surface area contributed by atoms with Crippen LogP contribution in [0.4, 0.5) is 5.13 Å². The normalized spacial score (nSPS) is 14.6. The molecule has 1 aliphatic heterocycles. The minimum absolute atomic E-state index is 0.145. The lowest BCUT2D eigenvalue weighted by atomic mass is 10.1. The molecule has 3 amide bonds. The van der Waals surface area contributed by atoms with Gasteiger partial charge in [-0.3, -0.25) is 24.7 Å². The molecule has 36 heavy (non-hydrogen) atoms. The maximum atomic E-state index is 13.2. The number of thiazole rings is 1. The number of nitrogens with zero attached hydrogens (tertiary/aromatic N) is 4. The predicted octanol–water partition coefficient (Wildman–Crippen LogP) is 2.80. The van der Waals surface area contributed by atoms with E-state index in [9.17, 15) is 19.5 Å². The van der Waals surface area contributed by atoms with E-state index in [4.69, 9.17) is 0 Å². The molecule has 3 N–H and O–H groups in total. The van der Waals surface area contributed by atoms with Crippen molar-refractivity contribution < 1.29 is 19.5 Å².